The second kappa shape index (κ2) is 5.65. The van der Waals surface area contributed by atoms with E-state index in [1.54, 1.807) is 0 Å². The van der Waals surface area contributed by atoms with Crippen LogP contribution < -0.4 is 10.5 Å². The van der Waals surface area contributed by atoms with Crippen LogP contribution in [0.2, 0.25) is 0 Å². The summed E-state index contributed by atoms with van der Waals surface area (Å²) in [5.41, 5.74) is 7.04. The fraction of sp³-hybridized carbons (Fsp3) is 0.294. The number of hydrogen-bond acceptors (Lipinski definition) is 3. The van der Waals surface area contributed by atoms with E-state index in [9.17, 15) is 5.11 Å². The molecule has 0 amide bonds. The van der Waals surface area contributed by atoms with Crippen molar-refractivity contribution in [1.29, 1.82) is 0 Å². The molecule has 0 heterocycles. The number of aliphatic hydroxyl groups excluding tert-OH is 1. The Morgan fingerprint density at radius 3 is 2.15 bits per heavy atom. The number of para-hydroxylation sites is 1. The summed E-state index contributed by atoms with van der Waals surface area (Å²) in [4.78, 5) is 0. The van der Waals surface area contributed by atoms with Gasteiger partial charge in [-0.25, -0.2) is 0 Å². The highest BCUT2D eigenvalue weighted by Gasteiger charge is 2.34. The molecule has 3 heteroatoms. The van der Waals surface area contributed by atoms with Crippen LogP contribution in [0, 0.1) is 5.92 Å². The van der Waals surface area contributed by atoms with Gasteiger partial charge in [-0.15, -0.1) is 0 Å². The average Bonchev–Trinajstić information content (AvgIpc) is 3.32. The minimum absolute atomic E-state index is 0.312. The zero-order valence-corrected chi connectivity index (χ0v) is 11.3. The highest BCUT2D eigenvalue weighted by atomic mass is 16.5. The Labute approximate surface area is 119 Å². The highest BCUT2D eigenvalue weighted by molar-refractivity contribution is 5.34. The van der Waals surface area contributed by atoms with E-state index < -0.39 is 6.10 Å². The maximum Gasteiger partial charge on any atom is 0.127 e. The number of aliphatic hydroxyl groups is 1. The maximum atomic E-state index is 10.1. The first-order valence-corrected chi connectivity index (χ1v) is 7.00. The first-order valence-electron chi connectivity index (χ1n) is 7.00. The molecule has 0 radical (unpaired) electrons. The van der Waals surface area contributed by atoms with Crippen LogP contribution >= 0.6 is 0 Å². The average molecular weight is 269 g/mol. The van der Waals surface area contributed by atoms with Gasteiger partial charge in [-0.3, -0.25) is 0 Å². The molecule has 3 N–H and O–H groups in total. The Morgan fingerprint density at radius 2 is 1.55 bits per heavy atom. The Morgan fingerprint density at radius 1 is 0.950 bits per heavy atom. The quantitative estimate of drug-likeness (QED) is 0.876. The topological polar surface area (TPSA) is 55.5 Å². The minimum Gasteiger partial charge on any atom is -0.457 e. The molecule has 2 aromatic carbocycles. The molecule has 0 aliphatic heterocycles. The van der Waals surface area contributed by atoms with Gasteiger partial charge in [-0.05, 0) is 48.6 Å². The van der Waals surface area contributed by atoms with Crippen LogP contribution in [-0.4, -0.2) is 11.2 Å². The molecule has 3 rings (SSSR count). The van der Waals surface area contributed by atoms with Gasteiger partial charge < -0.3 is 15.6 Å². The molecule has 1 aliphatic carbocycles. The lowest BCUT2D eigenvalue weighted by Crippen LogP contribution is -2.27. The third-order valence-corrected chi connectivity index (χ3v) is 3.72. The highest BCUT2D eigenvalue weighted by Crippen LogP contribution is 2.37. The van der Waals surface area contributed by atoms with Crippen LogP contribution in [0.5, 0.6) is 11.5 Å². The summed E-state index contributed by atoms with van der Waals surface area (Å²) in [5, 5.41) is 10.1. The van der Waals surface area contributed by atoms with Crippen LogP contribution in [0.4, 0.5) is 0 Å². The molecule has 20 heavy (non-hydrogen) atoms. The molecule has 0 unspecified atom stereocenters. The van der Waals surface area contributed by atoms with Crippen LogP contribution in [-0.2, 0) is 0 Å². The normalized spacial score (nSPS) is 17.5. The lowest BCUT2D eigenvalue weighted by atomic mass is 9.99. The van der Waals surface area contributed by atoms with E-state index in [0.717, 1.165) is 29.9 Å². The van der Waals surface area contributed by atoms with E-state index in [2.05, 4.69) is 0 Å². The largest absolute Gasteiger partial charge is 0.457 e. The molecular formula is C17H19NO2. The Kier molecular flexibility index (Phi) is 3.72. The molecule has 0 bridgehead atoms. The summed E-state index contributed by atoms with van der Waals surface area (Å²) in [5.74, 6) is 1.96. The zero-order chi connectivity index (χ0) is 13.9. The first-order chi connectivity index (χ1) is 9.74. The van der Waals surface area contributed by atoms with Gasteiger partial charge in [-0.1, -0.05) is 30.3 Å². The van der Waals surface area contributed by atoms with E-state index in [0.29, 0.717) is 5.92 Å². The van der Waals surface area contributed by atoms with Gasteiger partial charge in [0, 0.05) is 0 Å². The molecule has 2 atom stereocenters. The van der Waals surface area contributed by atoms with Crippen molar-refractivity contribution in [1.82, 2.24) is 0 Å². The monoisotopic (exact) mass is 269 g/mol. The predicted molar refractivity (Wildman–Crippen MR) is 78.6 cm³/mol. The molecule has 0 spiro atoms. The van der Waals surface area contributed by atoms with Crippen molar-refractivity contribution < 1.29 is 9.84 Å². The van der Waals surface area contributed by atoms with Crippen LogP contribution in [0.25, 0.3) is 0 Å². The standard InChI is InChI=1S/C17H19NO2/c18-16(17(19)13-6-7-13)12-8-10-15(11-9-12)20-14-4-2-1-3-5-14/h1-5,8-11,13,16-17,19H,6-7,18H2/t16-,17+/m0/s1. The van der Waals surface area contributed by atoms with Gasteiger partial charge in [-0.2, -0.15) is 0 Å². The summed E-state index contributed by atoms with van der Waals surface area (Å²) in [6.45, 7) is 0. The maximum absolute atomic E-state index is 10.1. The lowest BCUT2D eigenvalue weighted by molar-refractivity contribution is 0.122. The second-order valence-electron chi connectivity index (χ2n) is 5.34. The third kappa shape index (κ3) is 3.00. The summed E-state index contributed by atoms with van der Waals surface area (Å²) in [7, 11) is 0. The first kappa shape index (κ1) is 13.2. The summed E-state index contributed by atoms with van der Waals surface area (Å²) in [6, 6.07) is 17.0. The molecule has 0 aromatic heterocycles. The van der Waals surface area contributed by atoms with Gasteiger partial charge >= 0.3 is 0 Å². The second-order valence-corrected chi connectivity index (χ2v) is 5.34. The van der Waals surface area contributed by atoms with Crippen molar-refractivity contribution in [2.45, 2.75) is 25.0 Å². The Balaban J connectivity index is 1.68. The SMILES string of the molecule is N[C@@H](c1ccc(Oc2ccccc2)cc1)[C@H](O)C1CC1. The molecule has 1 aliphatic rings. The summed E-state index contributed by atoms with van der Waals surface area (Å²) >= 11 is 0. The number of nitrogens with two attached hydrogens (primary N) is 1. The van der Waals surface area contributed by atoms with Crippen molar-refractivity contribution in [2.24, 2.45) is 11.7 Å². The van der Waals surface area contributed by atoms with E-state index in [1.165, 1.54) is 0 Å². The third-order valence-electron chi connectivity index (χ3n) is 3.72. The van der Waals surface area contributed by atoms with Gasteiger partial charge in [0.25, 0.3) is 0 Å². The van der Waals surface area contributed by atoms with Crippen molar-refractivity contribution >= 4 is 0 Å². The number of ether oxygens (including phenoxy) is 1. The van der Waals surface area contributed by atoms with Gasteiger partial charge in [0.05, 0.1) is 12.1 Å². The van der Waals surface area contributed by atoms with E-state index >= 15 is 0 Å². The van der Waals surface area contributed by atoms with Crippen molar-refractivity contribution in [3.63, 3.8) is 0 Å². The molecule has 0 saturated heterocycles. The van der Waals surface area contributed by atoms with Gasteiger partial charge in [0.2, 0.25) is 0 Å². The summed E-state index contributed by atoms with van der Waals surface area (Å²) in [6.07, 6.45) is 1.74. The van der Waals surface area contributed by atoms with Gasteiger partial charge in [0.1, 0.15) is 11.5 Å². The number of hydrogen-bond donors (Lipinski definition) is 2. The molecule has 1 fully saturated rings. The fourth-order valence-electron chi connectivity index (χ4n) is 2.31. The van der Waals surface area contributed by atoms with Crippen LogP contribution in [0.1, 0.15) is 24.4 Å². The molecule has 3 nitrogen and oxygen atoms in total. The van der Waals surface area contributed by atoms with Crippen molar-refractivity contribution in [2.75, 3.05) is 0 Å². The zero-order valence-electron chi connectivity index (χ0n) is 11.3. The van der Waals surface area contributed by atoms with Gasteiger partial charge in [0.15, 0.2) is 0 Å². The molecule has 104 valence electrons. The van der Waals surface area contributed by atoms with Crippen LogP contribution in [0.3, 0.4) is 0 Å². The smallest absolute Gasteiger partial charge is 0.127 e. The minimum atomic E-state index is -0.434. The Bertz CT molecular complexity index is 549. The van der Waals surface area contributed by atoms with E-state index in [4.69, 9.17) is 10.5 Å². The Hall–Kier alpha value is -1.84. The summed E-state index contributed by atoms with van der Waals surface area (Å²) < 4.78 is 5.73. The van der Waals surface area contributed by atoms with Crippen molar-refractivity contribution in [3.8, 4) is 11.5 Å². The number of benzene rings is 2. The van der Waals surface area contributed by atoms with E-state index in [1.807, 2.05) is 54.6 Å². The van der Waals surface area contributed by atoms with Crippen LogP contribution in [0.15, 0.2) is 54.6 Å². The molecule has 1 saturated carbocycles. The molecule has 2 aromatic rings. The lowest BCUT2D eigenvalue weighted by Gasteiger charge is -2.19. The fourth-order valence-corrected chi connectivity index (χ4v) is 2.31. The predicted octanol–water partition coefficient (Wildman–Crippen LogP) is 3.25. The molecular weight excluding hydrogens is 250 g/mol. The van der Waals surface area contributed by atoms with E-state index in [-0.39, 0.29) is 6.04 Å². The van der Waals surface area contributed by atoms with Crippen molar-refractivity contribution in [3.05, 3.63) is 60.2 Å². The number of rotatable bonds is 5.